The van der Waals surface area contributed by atoms with Gasteiger partial charge in [-0.25, -0.2) is 13.2 Å². The number of carbonyl (C=O) groups excluding carboxylic acids is 1. The largest absolute Gasteiger partial charge is 0.496 e. The molecule has 0 aliphatic heterocycles. The Morgan fingerprint density at radius 3 is 2.60 bits per heavy atom. The average Bonchev–Trinajstić information content (AvgIpc) is 3.76. The van der Waals surface area contributed by atoms with Crippen molar-refractivity contribution in [3.8, 4) is 11.5 Å². The summed E-state index contributed by atoms with van der Waals surface area (Å²) in [5.74, 6) is 0.662. The monoisotopic (exact) mass is 639 g/mol. The molecule has 0 bridgehead atoms. The molecular formula is C29H33N7O8S. The predicted molar refractivity (Wildman–Crippen MR) is 160 cm³/mol. The van der Waals surface area contributed by atoms with Crippen LogP contribution < -0.4 is 19.5 Å². The van der Waals surface area contributed by atoms with Crippen molar-refractivity contribution in [1.82, 2.24) is 30.4 Å². The summed E-state index contributed by atoms with van der Waals surface area (Å²) in [7, 11) is -2.74. The third-order valence-electron chi connectivity index (χ3n) is 6.39. The van der Waals surface area contributed by atoms with Crippen LogP contribution in [0, 0.1) is 0 Å². The first-order chi connectivity index (χ1) is 21.4. The second kappa shape index (κ2) is 12.9. The maximum Gasteiger partial charge on any atom is 0.407 e. The lowest BCUT2D eigenvalue weighted by molar-refractivity contribution is 0.0523. The van der Waals surface area contributed by atoms with Crippen LogP contribution >= 0.6 is 0 Å². The number of fused-ring (bicyclic) bond motifs is 1. The minimum absolute atomic E-state index is 0.0472. The molecule has 15 nitrogen and oxygen atoms in total. The van der Waals surface area contributed by atoms with Crippen molar-refractivity contribution in [3.63, 3.8) is 0 Å². The van der Waals surface area contributed by atoms with E-state index in [1.54, 1.807) is 62.1 Å². The van der Waals surface area contributed by atoms with E-state index in [9.17, 15) is 13.2 Å². The normalized spacial score (nSPS) is 11.8. The van der Waals surface area contributed by atoms with Crippen molar-refractivity contribution in [3.05, 3.63) is 71.6 Å². The molecule has 0 atom stereocenters. The van der Waals surface area contributed by atoms with Gasteiger partial charge in [0.25, 0.3) is 10.0 Å². The quantitative estimate of drug-likeness (QED) is 0.196. The van der Waals surface area contributed by atoms with Gasteiger partial charge in [0.15, 0.2) is 18.0 Å². The van der Waals surface area contributed by atoms with E-state index in [2.05, 4.69) is 30.4 Å². The third-order valence-corrected chi connectivity index (χ3v) is 7.75. The Morgan fingerprint density at radius 1 is 1.07 bits per heavy atom. The lowest BCUT2D eigenvalue weighted by Crippen LogP contribution is -2.32. The van der Waals surface area contributed by atoms with Crippen LogP contribution in [0.2, 0.25) is 0 Å². The molecule has 0 radical (unpaired) electrons. The van der Waals surface area contributed by atoms with E-state index in [4.69, 9.17) is 23.3 Å². The molecule has 0 aliphatic rings. The fraction of sp³-hybridized carbons (Fsp3) is 0.345. The maximum absolute atomic E-state index is 13.7. The summed E-state index contributed by atoms with van der Waals surface area (Å²) in [6.07, 6.45) is 4.67. The van der Waals surface area contributed by atoms with Crippen molar-refractivity contribution < 1.29 is 36.5 Å². The zero-order valence-electron chi connectivity index (χ0n) is 25.4. The second-order valence-electron chi connectivity index (χ2n) is 11.0. The van der Waals surface area contributed by atoms with Crippen LogP contribution in [-0.4, -0.2) is 52.3 Å². The minimum Gasteiger partial charge on any atom is -0.496 e. The predicted octanol–water partition coefficient (Wildman–Crippen LogP) is 4.43. The SMILES string of the molecule is CCc1ccc(OCc2ncon2)c(S(=O)(=O)Nc2noc3cc(Cn4cc(CNC(=O)OC(C)(C)C)cn4)cc(OC)c23)c1. The summed E-state index contributed by atoms with van der Waals surface area (Å²) in [5.41, 5.74) is 2.03. The van der Waals surface area contributed by atoms with Crippen molar-refractivity contribution in [2.75, 3.05) is 11.8 Å². The van der Waals surface area contributed by atoms with Crippen LogP contribution in [0.5, 0.6) is 11.5 Å². The van der Waals surface area contributed by atoms with Gasteiger partial charge in [0, 0.05) is 18.3 Å². The molecule has 45 heavy (non-hydrogen) atoms. The van der Waals surface area contributed by atoms with Crippen LogP contribution in [0.4, 0.5) is 10.6 Å². The molecule has 5 rings (SSSR count). The summed E-state index contributed by atoms with van der Waals surface area (Å²) in [6.45, 7) is 7.78. The Bertz CT molecular complexity index is 1890. The molecule has 0 aliphatic carbocycles. The van der Waals surface area contributed by atoms with E-state index < -0.39 is 21.7 Å². The van der Waals surface area contributed by atoms with Crippen molar-refractivity contribution in [2.45, 2.75) is 64.3 Å². The number of amides is 1. The van der Waals surface area contributed by atoms with Crippen LogP contribution in [-0.2, 0) is 40.9 Å². The smallest absolute Gasteiger partial charge is 0.407 e. The zero-order chi connectivity index (χ0) is 32.2. The number of anilines is 1. The van der Waals surface area contributed by atoms with Gasteiger partial charge in [-0.15, -0.1) is 0 Å². The number of methoxy groups -OCH3 is 1. The van der Waals surface area contributed by atoms with Crippen LogP contribution in [0.15, 0.2) is 63.1 Å². The summed E-state index contributed by atoms with van der Waals surface area (Å²) >= 11 is 0. The molecular weight excluding hydrogens is 606 g/mol. The van der Waals surface area contributed by atoms with Crippen molar-refractivity contribution >= 4 is 32.9 Å². The third kappa shape index (κ3) is 7.70. The number of alkyl carbamates (subject to hydrolysis) is 1. The topological polar surface area (TPSA) is 186 Å². The van der Waals surface area contributed by atoms with Gasteiger partial charge in [0.2, 0.25) is 12.2 Å². The van der Waals surface area contributed by atoms with Gasteiger partial charge in [-0.1, -0.05) is 23.3 Å². The molecule has 16 heteroatoms. The maximum atomic E-state index is 13.7. The second-order valence-corrected chi connectivity index (χ2v) is 12.6. The Labute approximate surface area is 258 Å². The summed E-state index contributed by atoms with van der Waals surface area (Å²) in [5, 5.41) is 15.1. The minimum atomic E-state index is -4.20. The van der Waals surface area contributed by atoms with Crippen molar-refractivity contribution in [2.24, 2.45) is 0 Å². The number of nitrogens with zero attached hydrogens (tertiary/aromatic N) is 5. The summed E-state index contributed by atoms with van der Waals surface area (Å²) in [6, 6.07) is 8.36. The van der Waals surface area contributed by atoms with Crippen LogP contribution in [0.1, 0.15) is 50.2 Å². The summed E-state index contributed by atoms with van der Waals surface area (Å²) in [4.78, 5) is 15.8. The van der Waals surface area contributed by atoms with Gasteiger partial charge in [0.05, 0.1) is 19.9 Å². The molecule has 0 saturated carbocycles. The van der Waals surface area contributed by atoms with Crippen LogP contribution in [0.3, 0.4) is 0 Å². The van der Waals surface area contributed by atoms with Gasteiger partial charge in [0.1, 0.15) is 27.4 Å². The van der Waals surface area contributed by atoms with E-state index in [1.807, 2.05) is 6.92 Å². The standard InChI is InChI=1S/C29H33N7O8S/c1-6-18-7-8-21(41-16-25-31-17-42-33-25)24(11-18)45(38,39)35-27-26-22(40-5)9-19(10-23(26)44-34-27)14-36-15-20(13-32-36)12-30-28(37)43-29(2,3)4/h7-11,13,15,17H,6,12,14,16H2,1-5H3,(H,30,37)(H,34,35). The molecule has 2 N–H and O–H groups in total. The van der Waals surface area contributed by atoms with Gasteiger partial charge in [-0.05, 0) is 62.6 Å². The number of rotatable bonds is 12. The zero-order valence-corrected chi connectivity index (χ0v) is 26.2. The average molecular weight is 640 g/mol. The molecule has 1 amide bonds. The highest BCUT2D eigenvalue weighted by Gasteiger charge is 2.25. The number of aryl methyl sites for hydroxylation is 1. The lowest BCUT2D eigenvalue weighted by Gasteiger charge is -2.19. The van der Waals surface area contributed by atoms with E-state index in [-0.39, 0.29) is 35.4 Å². The van der Waals surface area contributed by atoms with Gasteiger partial charge in [-0.2, -0.15) is 10.1 Å². The highest BCUT2D eigenvalue weighted by atomic mass is 32.2. The highest BCUT2D eigenvalue weighted by Crippen LogP contribution is 2.36. The first-order valence-electron chi connectivity index (χ1n) is 13.9. The number of aromatic nitrogens is 5. The summed E-state index contributed by atoms with van der Waals surface area (Å²) < 4.78 is 58.4. The molecule has 0 spiro atoms. The molecule has 0 saturated heterocycles. The molecule has 2 aromatic carbocycles. The number of benzene rings is 2. The van der Waals surface area contributed by atoms with Gasteiger partial charge in [-0.3, -0.25) is 9.40 Å². The Balaban J connectivity index is 1.34. The number of sulfonamides is 1. The number of ether oxygens (including phenoxy) is 3. The lowest BCUT2D eigenvalue weighted by atomic mass is 10.1. The fourth-order valence-corrected chi connectivity index (χ4v) is 5.56. The first kappa shape index (κ1) is 31.3. The number of hydrogen-bond acceptors (Lipinski definition) is 12. The molecule has 3 aromatic heterocycles. The van der Waals surface area contributed by atoms with Crippen molar-refractivity contribution in [1.29, 1.82) is 0 Å². The number of nitrogens with one attached hydrogen (secondary N) is 2. The Kier molecular flexibility index (Phi) is 8.94. The van der Waals surface area contributed by atoms with Gasteiger partial charge >= 0.3 is 6.09 Å². The molecule has 5 aromatic rings. The first-order valence-corrected chi connectivity index (χ1v) is 15.4. The highest BCUT2D eigenvalue weighted by molar-refractivity contribution is 7.92. The fourth-order valence-electron chi connectivity index (χ4n) is 4.35. The molecule has 3 heterocycles. The van der Waals surface area contributed by atoms with E-state index >= 15 is 0 Å². The van der Waals surface area contributed by atoms with Crippen LogP contribution in [0.25, 0.3) is 11.0 Å². The van der Waals surface area contributed by atoms with E-state index in [0.29, 0.717) is 29.7 Å². The van der Waals surface area contributed by atoms with Gasteiger partial charge < -0.3 is 28.6 Å². The molecule has 0 unspecified atom stereocenters. The number of hydrogen-bond donors (Lipinski definition) is 2. The van der Waals surface area contributed by atoms with E-state index in [1.165, 1.54) is 13.2 Å². The Hall–Kier alpha value is -5.12. The molecule has 238 valence electrons. The molecule has 0 fully saturated rings. The number of carbonyl (C=O) groups is 1. The Morgan fingerprint density at radius 2 is 1.89 bits per heavy atom. The van der Waals surface area contributed by atoms with E-state index in [0.717, 1.165) is 23.1 Å².